The largest absolute Gasteiger partial charge is 0.508 e. The summed E-state index contributed by atoms with van der Waals surface area (Å²) in [6.45, 7) is 3.74. The van der Waals surface area contributed by atoms with E-state index in [-0.39, 0.29) is 23.5 Å². The number of phenols is 1. The van der Waals surface area contributed by atoms with E-state index in [4.69, 9.17) is 4.74 Å². The first-order chi connectivity index (χ1) is 13.5. The van der Waals surface area contributed by atoms with Crippen LogP contribution in [0.25, 0.3) is 16.6 Å². The van der Waals surface area contributed by atoms with Crippen LogP contribution < -0.4 is 10.1 Å². The number of benzene rings is 2. The molecule has 0 unspecified atom stereocenters. The quantitative estimate of drug-likeness (QED) is 0.491. The molecule has 142 valence electrons. The number of aromatic amines is 1. The second-order valence-electron chi connectivity index (χ2n) is 6.41. The number of tetrazole rings is 1. The normalized spacial score (nSPS) is 11.1. The lowest BCUT2D eigenvalue weighted by atomic mass is 10.2. The minimum Gasteiger partial charge on any atom is -0.508 e. The van der Waals surface area contributed by atoms with Crippen molar-refractivity contribution in [1.29, 1.82) is 0 Å². The van der Waals surface area contributed by atoms with Crippen molar-refractivity contribution in [2.75, 3.05) is 5.32 Å². The Morgan fingerprint density at radius 2 is 2.00 bits per heavy atom. The summed E-state index contributed by atoms with van der Waals surface area (Å²) in [6.07, 6.45) is -0.186. The van der Waals surface area contributed by atoms with Gasteiger partial charge in [-0.15, -0.1) is 5.10 Å². The Labute approximate surface area is 159 Å². The van der Waals surface area contributed by atoms with Crippen LogP contribution in [0.1, 0.15) is 24.3 Å². The minimum atomic E-state index is -0.461. The second kappa shape index (κ2) is 7.03. The van der Waals surface area contributed by atoms with Gasteiger partial charge in [-0.05, 0) is 49.4 Å². The third-order valence-corrected chi connectivity index (χ3v) is 4.06. The Balaban J connectivity index is 1.99. The molecule has 0 aliphatic carbocycles. The van der Waals surface area contributed by atoms with Crippen molar-refractivity contribution in [3.05, 3.63) is 54.2 Å². The number of ether oxygens (including phenoxy) is 1. The van der Waals surface area contributed by atoms with Gasteiger partial charge in [0, 0.05) is 11.1 Å². The number of aromatic nitrogens is 5. The van der Waals surface area contributed by atoms with Crippen molar-refractivity contribution in [1.82, 2.24) is 25.2 Å². The number of fused-ring (bicyclic) bond motifs is 1. The summed E-state index contributed by atoms with van der Waals surface area (Å²) in [5.41, 5.74) is 1.76. The van der Waals surface area contributed by atoms with Gasteiger partial charge in [0.05, 0.1) is 11.6 Å². The lowest BCUT2D eigenvalue weighted by Crippen LogP contribution is -2.19. The number of anilines is 1. The maximum absolute atomic E-state index is 13.2. The number of nitrogens with one attached hydrogen (secondary N) is 2. The average Bonchev–Trinajstić information content (AvgIpc) is 3.28. The van der Waals surface area contributed by atoms with E-state index < -0.39 is 5.91 Å². The van der Waals surface area contributed by atoms with E-state index in [0.717, 1.165) is 11.2 Å². The van der Waals surface area contributed by atoms with Gasteiger partial charge in [0.2, 0.25) is 0 Å². The summed E-state index contributed by atoms with van der Waals surface area (Å²) >= 11 is 0. The maximum atomic E-state index is 13.2. The molecule has 0 aliphatic heterocycles. The number of para-hydroxylation sites is 1. The number of carbonyl (C=O) groups is 1. The number of rotatable bonds is 5. The van der Waals surface area contributed by atoms with Crippen LogP contribution in [0.5, 0.6) is 11.5 Å². The molecule has 4 aromatic rings. The second-order valence-corrected chi connectivity index (χ2v) is 6.41. The monoisotopic (exact) mass is 378 g/mol. The molecule has 0 saturated heterocycles. The fraction of sp³-hybridized carbons (Fsp3) is 0.158. The molecule has 28 heavy (non-hydrogen) atoms. The SMILES string of the molecule is CC(C)Oc1c(C(=O)Nc2nn[nH]n2)n(-c2ccccc2)c2ccc(O)cc12. The smallest absolute Gasteiger partial charge is 0.279 e. The molecule has 0 atom stereocenters. The number of amides is 1. The zero-order valence-electron chi connectivity index (χ0n) is 15.2. The Hall–Kier alpha value is -3.88. The number of hydrogen-bond acceptors (Lipinski definition) is 6. The van der Waals surface area contributed by atoms with Gasteiger partial charge in [0.15, 0.2) is 11.4 Å². The lowest BCUT2D eigenvalue weighted by molar-refractivity contribution is 0.101. The van der Waals surface area contributed by atoms with Crippen LogP contribution in [0, 0.1) is 0 Å². The molecular formula is C19H18N6O3. The zero-order valence-corrected chi connectivity index (χ0v) is 15.2. The van der Waals surface area contributed by atoms with Gasteiger partial charge in [0.25, 0.3) is 11.9 Å². The van der Waals surface area contributed by atoms with Crippen molar-refractivity contribution in [3.8, 4) is 17.2 Å². The maximum Gasteiger partial charge on any atom is 0.279 e. The third-order valence-electron chi connectivity index (χ3n) is 4.06. The van der Waals surface area contributed by atoms with Gasteiger partial charge in [-0.1, -0.05) is 23.3 Å². The van der Waals surface area contributed by atoms with Crippen LogP contribution in [0.4, 0.5) is 5.95 Å². The molecular weight excluding hydrogens is 360 g/mol. The van der Waals surface area contributed by atoms with Crippen LogP contribution >= 0.6 is 0 Å². The third kappa shape index (κ3) is 3.13. The summed E-state index contributed by atoms with van der Waals surface area (Å²) in [7, 11) is 0. The van der Waals surface area contributed by atoms with Crippen molar-refractivity contribution >= 4 is 22.8 Å². The molecule has 2 heterocycles. The van der Waals surface area contributed by atoms with Crippen molar-refractivity contribution in [2.24, 2.45) is 0 Å². The van der Waals surface area contributed by atoms with Crippen molar-refractivity contribution < 1.29 is 14.6 Å². The molecule has 9 heteroatoms. The molecule has 2 aromatic carbocycles. The number of H-pyrrole nitrogens is 1. The molecule has 2 aromatic heterocycles. The number of hydrogen-bond donors (Lipinski definition) is 3. The van der Waals surface area contributed by atoms with Gasteiger partial charge >= 0.3 is 0 Å². The van der Waals surface area contributed by atoms with Gasteiger partial charge < -0.3 is 14.4 Å². The number of nitrogens with zero attached hydrogens (tertiary/aromatic N) is 4. The molecule has 0 spiro atoms. The Bertz CT molecular complexity index is 1120. The standard InChI is InChI=1S/C19H18N6O3/c1-11(2)28-17-14-10-13(26)8-9-15(14)25(12-6-4-3-5-7-12)16(17)18(27)20-19-21-23-24-22-19/h3-11,26H,1-2H3,(H2,20,21,22,23,24,27). The Morgan fingerprint density at radius 3 is 2.68 bits per heavy atom. The number of aromatic hydroxyl groups is 1. The molecule has 0 fully saturated rings. The van der Waals surface area contributed by atoms with Crippen LogP contribution in [-0.4, -0.2) is 42.3 Å². The van der Waals surface area contributed by atoms with Crippen LogP contribution in [0.15, 0.2) is 48.5 Å². The van der Waals surface area contributed by atoms with Crippen molar-refractivity contribution in [3.63, 3.8) is 0 Å². The lowest BCUT2D eigenvalue weighted by Gasteiger charge is -2.13. The molecule has 0 radical (unpaired) electrons. The van der Waals surface area contributed by atoms with E-state index in [1.165, 1.54) is 0 Å². The Morgan fingerprint density at radius 1 is 1.21 bits per heavy atom. The molecule has 3 N–H and O–H groups in total. The molecule has 0 bridgehead atoms. The van der Waals surface area contributed by atoms with E-state index in [1.54, 1.807) is 22.8 Å². The summed E-state index contributed by atoms with van der Waals surface area (Å²) in [6, 6.07) is 14.3. The zero-order chi connectivity index (χ0) is 19.7. The van der Waals surface area contributed by atoms with E-state index in [9.17, 15) is 9.90 Å². The number of carbonyl (C=O) groups excluding carboxylic acids is 1. The highest BCUT2D eigenvalue weighted by Crippen LogP contribution is 2.38. The van der Waals surface area contributed by atoms with E-state index in [2.05, 4.69) is 25.9 Å². The fourth-order valence-electron chi connectivity index (χ4n) is 3.03. The van der Waals surface area contributed by atoms with Gasteiger partial charge in [-0.3, -0.25) is 10.1 Å². The average molecular weight is 378 g/mol. The van der Waals surface area contributed by atoms with Crippen LogP contribution in [0.3, 0.4) is 0 Å². The highest BCUT2D eigenvalue weighted by Gasteiger charge is 2.27. The topological polar surface area (TPSA) is 118 Å². The first kappa shape index (κ1) is 17.5. The predicted molar refractivity (Wildman–Crippen MR) is 103 cm³/mol. The number of phenolic OH excluding ortho intramolecular Hbond substituents is 1. The first-order valence-corrected chi connectivity index (χ1v) is 8.69. The minimum absolute atomic E-state index is 0.0493. The van der Waals surface area contributed by atoms with Crippen LogP contribution in [-0.2, 0) is 0 Å². The molecule has 9 nitrogen and oxygen atoms in total. The van der Waals surface area contributed by atoms with Gasteiger partial charge in [-0.2, -0.15) is 5.21 Å². The summed E-state index contributed by atoms with van der Waals surface area (Å²) < 4.78 is 7.78. The first-order valence-electron chi connectivity index (χ1n) is 8.69. The van der Waals surface area contributed by atoms with Crippen LogP contribution in [0.2, 0.25) is 0 Å². The highest BCUT2D eigenvalue weighted by molar-refractivity contribution is 6.10. The molecule has 0 aliphatic rings. The van der Waals surface area contributed by atoms with E-state index >= 15 is 0 Å². The van der Waals surface area contributed by atoms with E-state index in [1.807, 2.05) is 44.2 Å². The molecule has 4 rings (SSSR count). The van der Waals surface area contributed by atoms with Crippen molar-refractivity contribution in [2.45, 2.75) is 20.0 Å². The fourth-order valence-corrected chi connectivity index (χ4v) is 3.03. The van der Waals surface area contributed by atoms with E-state index in [0.29, 0.717) is 11.1 Å². The summed E-state index contributed by atoms with van der Waals surface area (Å²) in [5, 5.41) is 26.5. The molecule has 0 saturated carbocycles. The molecule has 1 amide bonds. The predicted octanol–water partition coefficient (Wildman–Crippen LogP) is 2.89. The van der Waals surface area contributed by atoms with Gasteiger partial charge in [0.1, 0.15) is 5.75 Å². The summed E-state index contributed by atoms with van der Waals surface area (Å²) in [5.74, 6) is 0.0343. The van der Waals surface area contributed by atoms with Gasteiger partial charge in [-0.25, -0.2) is 0 Å². The summed E-state index contributed by atoms with van der Waals surface area (Å²) in [4.78, 5) is 13.2. The highest BCUT2D eigenvalue weighted by atomic mass is 16.5. The Kier molecular flexibility index (Phi) is 4.40.